The standard InChI is InChI=1S/C18H13ClN2O4/c1-10-2-3-11(18(23)24)6-14(10)20-8-12(9-22)17-21-15-7-13(19)4-5-16(15)25-17/h2-9,20H,1H3,(H,23,24)/b12-8-. The number of rotatable bonds is 5. The molecule has 0 spiro atoms. The highest BCUT2D eigenvalue weighted by Crippen LogP contribution is 2.24. The molecule has 0 saturated carbocycles. The molecule has 3 rings (SSSR count). The number of carboxylic acid groups (broad SMARTS) is 1. The van der Waals surface area contributed by atoms with Gasteiger partial charge in [0.15, 0.2) is 11.9 Å². The number of aldehydes is 1. The summed E-state index contributed by atoms with van der Waals surface area (Å²) in [5.41, 5.74) is 2.78. The first-order valence-corrected chi connectivity index (χ1v) is 7.68. The van der Waals surface area contributed by atoms with Gasteiger partial charge in [-0.25, -0.2) is 9.78 Å². The zero-order valence-corrected chi connectivity index (χ0v) is 13.9. The first kappa shape index (κ1) is 16.7. The zero-order valence-electron chi connectivity index (χ0n) is 13.1. The van der Waals surface area contributed by atoms with Crippen molar-refractivity contribution in [3.05, 3.63) is 64.6 Å². The predicted molar refractivity (Wildman–Crippen MR) is 94.8 cm³/mol. The maximum absolute atomic E-state index is 11.4. The van der Waals surface area contributed by atoms with E-state index in [4.69, 9.17) is 21.1 Å². The van der Waals surface area contributed by atoms with Crippen LogP contribution in [0, 0.1) is 6.92 Å². The highest BCUT2D eigenvalue weighted by Gasteiger charge is 2.11. The predicted octanol–water partition coefficient (Wildman–Crippen LogP) is 4.14. The molecule has 3 aromatic rings. The zero-order chi connectivity index (χ0) is 18.0. The molecular weight excluding hydrogens is 344 g/mol. The minimum absolute atomic E-state index is 0.144. The summed E-state index contributed by atoms with van der Waals surface area (Å²) in [5.74, 6) is -0.884. The second kappa shape index (κ2) is 6.78. The molecule has 6 nitrogen and oxygen atoms in total. The molecular formula is C18H13ClN2O4. The highest BCUT2D eigenvalue weighted by molar-refractivity contribution is 6.31. The molecule has 0 bridgehead atoms. The van der Waals surface area contributed by atoms with Gasteiger partial charge in [-0.05, 0) is 42.8 Å². The number of aromatic carboxylic acids is 1. The van der Waals surface area contributed by atoms with E-state index in [0.29, 0.717) is 28.1 Å². The first-order chi connectivity index (χ1) is 12.0. The van der Waals surface area contributed by atoms with Crippen molar-refractivity contribution in [2.45, 2.75) is 6.92 Å². The van der Waals surface area contributed by atoms with E-state index in [0.717, 1.165) is 5.56 Å². The summed E-state index contributed by atoms with van der Waals surface area (Å²) in [6, 6.07) is 9.66. The Morgan fingerprint density at radius 1 is 1.28 bits per heavy atom. The minimum Gasteiger partial charge on any atom is -0.478 e. The molecule has 2 N–H and O–H groups in total. The highest BCUT2D eigenvalue weighted by atomic mass is 35.5. The van der Waals surface area contributed by atoms with Gasteiger partial charge in [0.1, 0.15) is 5.52 Å². The van der Waals surface area contributed by atoms with E-state index in [1.165, 1.54) is 18.3 Å². The summed E-state index contributed by atoms with van der Waals surface area (Å²) >= 11 is 5.91. The average Bonchev–Trinajstić information content (AvgIpc) is 2.99. The summed E-state index contributed by atoms with van der Waals surface area (Å²) in [5, 5.41) is 12.5. The lowest BCUT2D eigenvalue weighted by Crippen LogP contribution is -2.00. The van der Waals surface area contributed by atoms with Gasteiger partial charge in [-0.1, -0.05) is 17.7 Å². The van der Waals surface area contributed by atoms with Gasteiger partial charge in [0.25, 0.3) is 0 Å². The van der Waals surface area contributed by atoms with Crippen LogP contribution in [-0.4, -0.2) is 22.3 Å². The molecule has 1 aromatic heterocycles. The summed E-state index contributed by atoms with van der Waals surface area (Å²) in [7, 11) is 0. The number of hydrogen-bond acceptors (Lipinski definition) is 5. The molecule has 0 aliphatic rings. The van der Waals surface area contributed by atoms with Crippen LogP contribution in [0.25, 0.3) is 16.7 Å². The number of oxazole rings is 1. The number of aryl methyl sites for hydroxylation is 1. The van der Waals surface area contributed by atoms with Gasteiger partial charge in [-0.15, -0.1) is 0 Å². The largest absolute Gasteiger partial charge is 0.478 e. The number of carbonyl (C=O) groups excluding carboxylic acids is 1. The molecule has 0 atom stereocenters. The van der Waals surface area contributed by atoms with Crippen LogP contribution in [0.1, 0.15) is 21.8 Å². The van der Waals surface area contributed by atoms with E-state index in [-0.39, 0.29) is 17.0 Å². The molecule has 0 saturated heterocycles. The summed E-state index contributed by atoms with van der Waals surface area (Å²) in [6.07, 6.45) is 2.03. The van der Waals surface area contributed by atoms with E-state index < -0.39 is 5.97 Å². The number of nitrogens with zero attached hydrogens (tertiary/aromatic N) is 1. The van der Waals surface area contributed by atoms with E-state index in [2.05, 4.69) is 10.3 Å². The van der Waals surface area contributed by atoms with Gasteiger partial charge in [-0.3, -0.25) is 4.79 Å². The van der Waals surface area contributed by atoms with Crippen LogP contribution in [0.5, 0.6) is 0 Å². The van der Waals surface area contributed by atoms with Gasteiger partial charge in [-0.2, -0.15) is 0 Å². The number of anilines is 1. The second-order valence-corrected chi connectivity index (χ2v) is 5.76. The molecule has 7 heteroatoms. The fraction of sp³-hybridized carbons (Fsp3) is 0.0556. The number of nitrogens with one attached hydrogen (secondary N) is 1. The van der Waals surface area contributed by atoms with E-state index in [1.807, 2.05) is 6.92 Å². The quantitative estimate of drug-likeness (QED) is 0.527. The van der Waals surface area contributed by atoms with Crippen LogP contribution in [-0.2, 0) is 4.79 Å². The third-order valence-corrected chi connectivity index (χ3v) is 3.83. The Hall–Kier alpha value is -3.12. The molecule has 25 heavy (non-hydrogen) atoms. The number of benzene rings is 2. The fourth-order valence-electron chi connectivity index (χ4n) is 2.24. The van der Waals surface area contributed by atoms with Crippen molar-refractivity contribution in [3.8, 4) is 0 Å². The maximum Gasteiger partial charge on any atom is 0.335 e. The van der Waals surface area contributed by atoms with E-state index in [9.17, 15) is 9.59 Å². The summed E-state index contributed by atoms with van der Waals surface area (Å²) in [6.45, 7) is 1.82. The topological polar surface area (TPSA) is 92.4 Å². The van der Waals surface area contributed by atoms with Crippen LogP contribution in [0.3, 0.4) is 0 Å². The number of carboxylic acids is 1. The monoisotopic (exact) mass is 356 g/mol. The number of allylic oxidation sites excluding steroid dienone is 1. The van der Waals surface area contributed by atoms with E-state index in [1.54, 1.807) is 24.3 Å². The Bertz CT molecular complexity index is 1010. The van der Waals surface area contributed by atoms with Crippen molar-refractivity contribution in [1.82, 2.24) is 4.98 Å². The van der Waals surface area contributed by atoms with Gasteiger partial charge < -0.3 is 14.8 Å². The molecule has 0 fully saturated rings. The van der Waals surface area contributed by atoms with Crippen LogP contribution in [0.2, 0.25) is 5.02 Å². The molecule has 0 aliphatic carbocycles. The van der Waals surface area contributed by atoms with Crippen LogP contribution < -0.4 is 5.32 Å². The van der Waals surface area contributed by atoms with Crippen LogP contribution in [0.4, 0.5) is 5.69 Å². The van der Waals surface area contributed by atoms with Gasteiger partial charge in [0.05, 0.1) is 11.1 Å². The number of aromatic nitrogens is 1. The number of carbonyl (C=O) groups is 2. The molecule has 1 heterocycles. The van der Waals surface area contributed by atoms with Crippen molar-refractivity contribution in [2.75, 3.05) is 5.32 Å². The Morgan fingerprint density at radius 3 is 2.80 bits per heavy atom. The molecule has 0 aliphatic heterocycles. The Labute approximate surface area is 147 Å². The Morgan fingerprint density at radius 2 is 2.08 bits per heavy atom. The number of halogens is 1. The average molecular weight is 357 g/mol. The van der Waals surface area contributed by atoms with E-state index >= 15 is 0 Å². The minimum atomic E-state index is -1.03. The van der Waals surface area contributed by atoms with Gasteiger partial charge in [0.2, 0.25) is 5.89 Å². The summed E-state index contributed by atoms with van der Waals surface area (Å²) in [4.78, 5) is 26.7. The molecule has 126 valence electrons. The third-order valence-electron chi connectivity index (χ3n) is 3.59. The number of hydrogen-bond donors (Lipinski definition) is 2. The maximum atomic E-state index is 11.4. The van der Waals surface area contributed by atoms with Crippen LogP contribution in [0.15, 0.2) is 47.0 Å². The van der Waals surface area contributed by atoms with Gasteiger partial charge >= 0.3 is 5.97 Å². The molecule has 0 amide bonds. The SMILES string of the molecule is Cc1ccc(C(=O)O)cc1N/C=C(/C=O)c1nc2cc(Cl)ccc2o1. The Kier molecular flexibility index (Phi) is 4.54. The van der Waals surface area contributed by atoms with Crippen molar-refractivity contribution >= 4 is 46.2 Å². The third kappa shape index (κ3) is 3.54. The smallest absolute Gasteiger partial charge is 0.335 e. The molecule has 2 aromatic carbocycles. The number of fused-ring (bicyclic) bond motifs is 1. The summed E-state index contributed by atoms with van der Waals surface area (Å²) < 4.78 is 5.55. The lowest BCUT2D eigenvalue weighted by Gasteiger charge is -2.07. The molecule has 0 unspecified atom stereocenters. The van der Waals surface area contributed by atoms with Crippen molar-refractivity contribution in [2.24, 2.45) is 0 Å². The van der Waals surface area contributed by atoms with Crippen molar-refractivity contribution < 1.29 is 19.1 Å². The normalized spacial score (nSPS) is 11.5. The second-order valence-electron chi connectivity index (χ2n) is 5.33. The first-order valence-electron chi connectivity index (χ1n) is 7.30. The molecule has 0 radical (unpaired) electrons. The Balaban J connectivity index is 1.93. The lowest BCUT2D eigenvalue weighted by atomic mass is 10.1. The van der Waals surface area contributed by atoms with Crippen molar-refractivity contribution in [3.63, 3.8) is 0 Å². The van der Waals surface area contributed by atoms with Crippen molar-refractivity contribution in [1.29, 1.82) is 0 Å². The van der Waals surface area contributed by atoms with Crippen LogP contribution >= 0.6 is 11.6 Å². The van der Waals surface area contributed by atoms with Gasteiger partial charge in [0, 0.05) is 16.9 Å². The fourth-order valence-corrected chi connectivity index (χ4v) is 2.40. The lowest BCUT2D eigenvalue weighted by molar-refractivity contribution is -0.103.